The molecule has 3 atom stereocenters. The summed E-state index contributed by atoms with van der Waals surface area (Å²) in [6, 6.07) is 83.9. The first-order valence-electron chi connectivity index (χ1n) is 22.3. The largest absolute Gasteiger partial charge is 0.310 e. The van der Waals surface area contributed by atoms with E-state index in [0.717, 1.165) is 11.4 Å². The van der Waals surface area contributed by atoms with E-state index >= 15 is 0 Å². The molecule has 13 rings (SSSR count). The standard InChI is InChI=1S/C62H43N/c1-3-18-42(19-4-1)44-34-38-46(39-35-44)63(47-40-36-45(37-41-47)43-20-5-2-6-21-43)59-33-17-32-58-60(59)50-24-9-12-27-53(50)62(58)56-30-15-13-28-54(56)61(55-29-14-16-31-57(55)62)51-25-10-7-22-48(51)49-23-8-11-26-52(49)61/h1-41,54,56H. The Bertz CT molecular complexity index is 3160. The van der Waals surface area contributed by atoms with Gasteiger partial charge in [-0.15, -0.1) is 0 Å². The Balaban J connectivity index is 1.08. The number of benzene rings is 9. The van der Waals surface area contributed by atoms with E-state index in [9.17, 15) is 0 Å². The van der Waals surface area contributed by atoms with Gasteiger partial charge in [0.05, 0.1) is 16.5 Å². The summed E-state index contributed by atoms with van der Waals surface area (Å²) >= 11 is 0. The number of fused-ring (bicyclic) bond motifs is 16. The lowest BCUT2D eigenvalue weighted by Crippen LogP contribution is -2.53. The molecule has 3 unspecified atom stereocenters. The van der Waals surface area contributed by atoms with E-state index < -0.39 is 5.41 Å². The minimum Gasteiger partial charge on any atom is -0.310 e. The molecule has 4 aliphatic rings. The van der Waals surface area contributed by atoms with Gasteiger partial charge < -0.3 is 4.90 Å². The SMILES string of the molecule is C1=CC2C(C=C1)C1(c3ccccc3-c3c(N(c4ccc(-c5ccccc5)cc4)c4ccc(-c5ccccc5)cc4)cccc31)c1ccccc1C21c2ccccc2-c2ccccc21. The molecular formula is C62H43N. The highest BCUT2D eigenvalue weighted by Crippen LogP contribution is 2.71. The summed E-state index contributed by atoms with van der Waals surface area (Å²) in [6.45, 7) is 0. The maximum atomic E-state index is 2.55. The molecule has 1 heteroatoms. The van der Waals surface area contributed by atoms with Crippen molar-refractivity contribution in [3.8, 4) is 44.5 Å². The first kappa shape index (κ1) is 36.0. The van der Waals surface area contributed by atoms with Crippen molar-refractivity contribution >= 4 is 17.1 Å². The normalized spacial score (nSPS) is 18.9. The highest BCUT2D eigenvalue weighted by molar-refractivity contribution is 5.98. The van der Waals surface area contributed by atoms with Crippen molar-refractivity contribution in [1.29, 1.82) is 0 Å². The Labute approximate surface area is 369 Å². The fraction of sp³-hybridized carbons (Fsp3) is 0.0645. The van der Waals surface area contributed by atoms with Crippen LogP contribution in [0.5, 0.6) is 0 Å². The molecule has 0 bridgehead atoms. The molecule has 0 heterocycles. The summed E-state index contributed by atoms with van der Waals surface area (Å²) in [5.41, 5.74) is 21.1. The van der Waals surface area contributed by atoms with Crippen molar-refractivity contribution in [1.82, 2.24) is 0 Å². The van der Waals surface area contributed by atoms with Crippen LogP contribution in [0.2, 0.25) is 0 Å². The summed E-state index contributed by atoms with van der Waals surface area (Å²) in [4.78, 5) is 2.49. The Hall–Kier alpha value is -7.74. The van der Waals surface area contributed by atoms with Crippen LogP contribution in [0.15, 0.2) is 249 Å². The van der Waals surface area contributed by atoms with E-state index in [1.54, 1.807) is 0 Å². The third-order valence-corrected chi connectivity index (χ3v) is 14.7. The topological polar surface area (TPSA) is 3.24 Å². The van der Waals surface area contributed by atoms with Crippen LogP contribution in [-0.2, 0) is 10.8 Å². The lowest BCUT2D eigenvalue weighted by Gasteiger charge is -2.56. The Morgan fingerprint density at radius 1 is 0.286 bits per heavy atom. The van der Waals surface area contributed by atoms with Crippen LogP contribution in [0.3, 0.4) is 0 Å². The molecule has 0 amide bonds. The number of rotatable bonds is 5. The van der Waals surface area contributed by atoms with E-state index in [2.05, 4.69) is 254 Å². The molecule has 0 radical (unpaired) electrons. The van der Waals surface area contributed by atoms with Crippen LogP contribution >= 0.6 is 0 Å². The van der Waals surface area contributed by atoms with E-state index in [4.69, 9.17) is 0 Å². The van der Waals surface area contributed by atoms with E-state index in [0.29, 0.717) is 0 Å². The zero-order chi connectivity index (χ0) is 41.5. The van der Waals surface area contributed by atoms with Gasteiger partial charge in [0.25, 0.3) is 0 Å². The van der Waals surface area contributed by atoms with Crippen LogP contribution in [-0.4, -0.2) is 0 Å². The Morgan fingerprint density at radius 3 is 1.14 bits per heavy atom. The highest BCUT2D eigenvalue weighted by Gasteiger charge is 2.64. The van der Waals surface area contributed by atoms with Crippen LogP contribution in [0.4, 0.5) is 17.1 Å². The quantitative estimate of drug-likeness (QED) is 0.168. The van der Waals surface area contributed by atoms with Crippen LogP contribution in [0.1, 0.15) is 33.4 Å². The Kier molecular flexibility index (Phi) is 7.93. The second-order valence-electron chi connectivity index (χ2n) is 17.5. The molecule has 4 aliphatic carbocycles. The summed E-state index contributed by atoms with van der Waals surface area (Å²) in [6.07, 6.45) is 9.72. The van der Waals surface area contributed by atoms with E-state index in [-0.39, 0.29) is 17.3 Å². The summed E-state index contributed by atoms with van der Waals surface area (Å²) in [5.74, 6) is 0.273. The third-order valence-electron chi connectivity index (χ3n) is 14.7. The number of nitrogens with zero attached hydrogens (tertiary/aromatic N) is 1. The van der Waals surface area contributed by atoms with Gasteiger partial charge >= 0.3 is 0 Å². The van der Waals surface area contributed by atoms with Gasteiger partial charge in [-0.05, 0) is 103 Å². The molecule has 9 aromatic rings. The summed E-state index contributed by atoms with van der Waals surface area (Å²) < 4.78 is 0. The first-order chi connectivity index (χ1) is 31.3. The monoisotopic (exact) mass is 801 g/mol. The molecule has 0 N–H and O–H groups in total. The number of anilines is 3. The van der Waals surface area contributed by atoms with Gasteiger partial charge in [-0.2, -0.15) is 0 Å². The molecule has 0 aromatic heterocycles. The molecule has 0 saturated heterocycles. The molecule has 0 saturated carbocycles. The molecule has 2 spiro atoms. The second kappa shape index (κ2) is 13.9. The lowest BCUT2D eigenvalue weighted by molar-refractivity contribution is 0.253. The minimum absolute atomic E-state index is 0.123. The van der Waals surface area contributed by atoms with Crippen molar-refractivity contribution in [3.63, 3.8) is 0 Å². The average molecular weight is 802 g/mol. The molecule has 0 aliphatic heterocycles. The fourth-order valence-electron chi connectivity index (χ4n) is 12.4. The predicted molar refractivity (Wildman–Crippen MR) is 261 cm³/mol. The molecular weight excluding hydrogens is 759 g/mol. The highest BCUT2D eigenvalue weighted by atomic mass is 15.1. The second-order valence-corrected chi connectivity index (χ2v) is 17.5. The number of allylic oxidation sites excluding steroid dienone is 4. The van der Waals surface area contributed by atoms with Gasteiger partial charge in [-0.3, -0.25) is 0 Å². The molecule has 9 aromatic carbocycles. The fourth-order valence-corrected chi connectivity index (χ4v) is 12.4. The number of hydrogen-bond donors (Lipinski definition) is 0. The van der Waals surface area contributed by atoms with Crippen LogP contribution in [0.25, 0.3) is 44.5 Å². The summed E-state index contributed by atoms with van der Waals surface area (Å²) in [5, 5.41) is 0. The number of hydrogen-bond acceptors (Lipinski definition) is 1. The smallest absolute Gasteiger partial charge is 0.0543 e. The van der Waals surface area contributed by atoms with Gasteiger partial charge in [0.2, 0.25) is 0 Å². The van der Waals surface area contributed by atoms with Gasteiger partial charge in [0.1, 0.15) is 0 Å². The van der Waals surface area contributed by atoms with E-state index in [1.807, 2.05) is 0 Å². The van der Waals surface area contributed by atoms with Crippen molar-refractivity contribution in [2.24, 2.45) is 11.8 Å². The predicted octanol–water partition coefficient (Wildman–Crippen LogP) is 15.5. The average Bonchev–Trinajstić information content (AvgIpc) is 3.83. The van der Waals surface area contributed by atoms with Crippen LogP contribution < -0.4 is 4.90 Å². The molecule has 1 nitrogen and oxygen atoms in total. The van der Waals surface area contributed by atoms with Gasteiger partial charge in [-0.25, -0.2) is 0 Å². The molecule has 296 valence electrons. The van der Waals surface area contributed by atoms with Gasteiger partial charge in [0, 0.05) is 28.8 Å². The van der Waals surface area contributed by atoms with E-state index in [1.165, 1.54) is 83.6 Å². The molecule has 0 fully saturated rings. The zero-order valence-corrected chi connectivity index (χ0v) is 34.8. The maximum Gasteiger partial charge on any atom is 0.0543 e. The first-order valence-corrected chi connectivity index (χ1v) is 22.3. The van der Waals surface area contributed by atoms with Crippen LogP contribution in [0, 0.1) is 11.8 Å². The van der Waals surface area contributed by atoms with Gasteiger partial charge in [0.15, 0.2) is 0 Å². The lowest BCUT2D eigenvalue weighted by atomic mass is 9.45. The Morgan fingerprint density at radius 2 is 0.651 bits per heavy atom. The molecule has 63 heavy (non-hydrogen) atoms. The minimum atomic E-state index is -0.456. The third kappa shape index (κ3) is 4.94. The summed E-state index contributed by atoms with van der Waals surface area (Å²) in [7, 11) is 0. The van der Waals surface area contributed by atoms with Crippen molar-refractivity contribution in [3.05, 3.63) is 282 Å². The maximum absolute atomic E-state index is 2.55. The van der Waals surface area contributed by atoms with Crippen molar-refractivity contribution < 1.29 is 0 Å². The van der Waals surface area contributed by atoms with Crippen molar-refractivity contribution in [2.75, 3.05) is 4.90 Å². The van der Waals surface area contributed by atoms with Crippen molar-refractivity contribution in [2.45, 2.75) is 10.8 Å². The van der Waals surface area contributed by atoms with Gasteiger partial charge in [-0.1, -0.05) is 218 Å². The zero-order valence-electron chi connectivity index (χ0n) is 34.8.